The van der Waals surface area contributed by atoms with E-state index in [4.69, 9.17) is 9.84 Å². The Kier molecular flexibility index (Phi) is 4.25. The van der Waals surface area contributed by atoms with Gasteiger partial charge in [0.05, 0.1) is 13.7 Å². The smallest absolute Gasteiger partial charge is 0.124 e. The van der Waals surface area contributed by atoms with Crippen LogP contribution >= 0.6 is 15.9 Å². The topological polar surface area (TPSA) is 29.5 Å². The van der Waals surface area contributed by atoms with Crippen LogP contribution in [0, 0.1) is 0 Å². The molecule has 3 heteroatoms. The summed E-state index contributed by atoms with van der Waals surface area (Å²) in [4.78, 5) is 0. The molecule has 0 aliphatic rings. The van der Waals surface area contributed by atoms with Gasteiger partial charge in [0.15, 0.2) is 0 Å². The number of alkyl halides is 1. The van der Waals surface area contributed by atoms with Crippen LogP contribution in [0.15, 0.2) is 18.2 Å². The van der Waals surface area contributed by atoms with Gasteiger partial charge in [-0.25, -0.2) is 0 Å². The minimum atomic E-state index is 0.0256. The lowest BCUT2D eigenvalue weighted by Gasteiger charge is -2.07. The monoisotopic (exact) mass is 244 g/mol. The summed E-state index contributed by atoms with van der Waals surface area (Å²) in [6.07, 6.45) is 0.974. The van der Waals surface area contributed by atoms with Crippen molar-refractivity contribution in [2.75, 3.05) is 12.4 Å². The summed E-state index contributed by atoms with van der Waals surface area (Å²) in [6.45, 7) is 0.0256. The standard InChI is InChI=1S/C10H13BrO2/c1-13-10-6-8(4-5-11)2-3-9(10)7-12/h2-3,6,12H,4-5,7H2,1H3. The van der Waals surface area contributed by atoms with Gasteiger partial charge in [-0.05, 0) is 18.1 Å². The second-order valence-electron chi connectivity index (χ2n) is 2.74. The molecule has 0 aromatic heterocycles. The van der Waals surface area contributed by atoms with Crippen molar-refractivity contribution < 1.29 is 9.84 Å². The Hall–Kier alpha value is -0.540. The first-order valence-electron chi connectivity index (χ1n) is 4.14. The van der Waals surface area contributed by atoms with Crippen molar-refractivity contribution in [3.05, 3.63) is 29.3 Å². The van der Waals surface area contributed by atoms with Crippen molar-refractivity contribution in [1.29, 1.82) is 0 Å². The van der Waals surface area contributed by atoms with E-state index in [1.807, 2.05) is 18.2 Å². The Labute approximate surface area is 86.7 Å². The molecule has 0 bridgehead atoms. The van der Waals surface area contributed by atoms with Crippen molar-refractivity contribution in [3.63, 3.8) is 0 Å². The van der Waals surface area contributed by atoms with E-state index >= 15 is 0 Å². The fraction of sp³-hybridized carbons (Fsp3) is 0.400. The van der Waals surface area contributed by atoms with E-state index in [0.29, 0.717) is 0 Å². The summed E-state index contributed by atoms with van der Waals surface area (Å²) < 4.78 is 5.15. The minimum absolute atomic E-state index is 0.0256. The van der Waals surface area contributed by atoms with Gasteiger partial charge in [-0.1, -0.05) is 28.1 Å². The van der Waals surface area contributed by atoms with Gasteiger partial charge in [-0.3, -0.25) is 0 Å². The Morgan fingerprint density at radius 2 is 2.23 bits per heavy atom. The molecule has 0 amide bonds. The molecule has 1 N–H and O–H groups in total. The van der Waals surface area contributed by atoms with Gasteiger partial charge in [0.25, 0.3) is 0 Å². The molecule has 0 saturated heterocycles. The summed E-state index contributed by atoms with van der Waals surface area (Å²) in [6, 6.07) is 5.87. The number of rotatable bonds is 4. The van der Waals surface area contributed by atoms with Crippen LogP contribution < -0.4 is 4.74 Å². The molecule has 0 atom stereocenters. The number of aryl methyl sites for hydroxylation is 1. The molecule has 1 aromatic carbocycles. The number of methoxy groups -OCH3 is 1. The highest BCUT2D eigenvalue weighted by molar-refractivity contribution is 9.09. The molecule has 0 heterocycles. The largest absolute Gasteiger partial charge is 0.496 e. The van der Waals surface area contributed by atoms with Gasteiger partial charge in [0.1, 0.15) is 5.75 Å². The van der Waals surface area contributed by atoms with Crippen LogP contribution in [0.25, 0.3) is 0 Å². The van der Waals surface area contributed by atoms with Crippen LogP contribution in [0.2, 0.25) is 0 Å². The first kappa shape index (κ1) is 10.5. The molecule has 0 radical (unpaired) electrons. The number of aliphatic hydroxyl groups excluding tert-OH is 1. The van der Waals surface area contributed by atoms with Crippen LogP contribution in [0.1, 0.15) is 11.1 Å². The van der Waals surface area contributed by atoms with E-state index in [1.165, 1.54) is 5.56 Å². The molecule has 0 aliphatic heterocycles. The van der Waals surface area contributed by atoms with Crippen LogP contribution in [0.5, 0.6) is 5.75 Å². The molecule has 72 valence electrons. The number of ether oxygens (including phenoxy) is 1. The maximum Gasteiger partial charge on any atom is 0.124 e. The Balaban J connectivity index is 2.91. The molecule has 0 fully saturated rings. The highest BCUT2D eigenvalue weighted by Crippen LogP contribution is 2.20. The second-order valence-corrected chi connectivity index (χ2v) is 3.54. The predicted molar refractivity (Wildman–Crippen MR) is 56.4 cm³/mol. The van der Waals surface area contributed by atoms with E-state index in [0.717, 1.165) is 23.1 Å². The van der Waals surface area contributed by atoms with E-state index < -0.39 is 0 Å². The zero-order valence-corrected chi connectivity index (χ0v) is 9.17. The van der Waals surface area contributed by atoms with Crippen molar-refractivity contribution >= 4 is 15.9 Å². The summed E-state index contributed by atoms with van der Waals surface area (Å²) >= 11 is 3.38. The number of halogens is 1. The molecule has 0 aliphatic carbocycles. The summed E-state index contributed by atoms with van der Waals surface area (Å²) in [7, 11) is 1.62. The van der Waals surface area contributed by atoms with Crippen molar-refractivity contribution in [2.24, 2.45) is 0 Å². The maximum atomic E-state index is 8.98. The fourth-order valence-corrected chi connectivity index (χ4v) is 1.64. The number of hydrogen-bond acceptors (Lipinski definition) is 2. The van der Waals surface area contributed by atoms with Gasteiger partial charge in [0, 0.05) is 10.9 Å². The minimum Gasteiger partial charge on any atom is -0.496 e. The summed E-state index contributed by atoms with van der Waals surface area (Å²) in [5.74, 6) is 0.765. The lowest BCUT2D eigenvalue weighted by atomic mass is 10.1. The number of hydrogen-bond donors (Lipinski definition) is 1. The predicted octanol–water partition coefficient (Wildman–Crippen LogP) is 2.12. The number of aliphatic hydroxyl groups is 1. The van der Waals surface area contributed by atoms with Gasteiger partial charge >= 0.3 is 0 Å². The van der Waals surface area contributed by atoms with Gasteiger partial charge in [-0.15, -0.1) is 0 Å². The third-order valence-electron chi connectivity index (χ3n) is 1.90. The SMILES string of the molecule is COc1cc(CCBr)ccc1CO. The maximum absolute atomic E-state index is 8.98. The highest BCUT2D eigenvalue weighted by Gasteiger charge is 2.02. The molecular formula is C10H13BrO2. The fourth-order valence-electron chi connectivity index (χ4n) is 1.18. The third kappa shape index (κ3) is 2.71. The molecule has 2 nitrogen and oxygen atoms in total. The zero-order chi connectivity index (χ0) is 9.68. The zero-order valence-electron chi connectivity index (χ0n) is 7.59. The second kappa shape index (κ2) is 5.25. The first-order valence-corrected chi connectivity index (χ1v) is 5.26. The average molecular weight is 245 g/mol. The third-order valence-corrected chi connectivity index (χ3v) is 2.30. The Bertz CT molecular complexity index is 274. The van der Waals surface area contributed by atoms with Gasteiger partial charge < -0.3 is 9.84 Å². The van der Waals surface area contributed by atoms with Crippen LogP contribution in [0.3, 0.4) is 0 Å². The molecule has 0 saturated carbocycles. The highest BCUT2D eigenvalue weighted by atomic mass is 79.9. The average Bonchev–Trinajstić information content (AvgIpc) is 2.18. The normalized spacial score (nSPS) is 10.1. The molecule has 1 rings (SSSR count). The Morgan fingerprint density at radius 1 is 1.46 bits per heavy atom. The summed E-state index contributed by atoms with van der Waals surface area (Å²) in [5, 5.41) is 9.92. The lowest BCUT2D eigenvalue weighted by molar-refractivity contribution is 0.273. The molecule has 0 unspecified atom stereocenters. The summed E-state index contributed by atoms with van der Waals surface area (Å²) in [5.41, 5.74) is 2.05. The van der Waals surface area contributed by atoms with Crippen LogP contribution in [-0.4, -0.2) is 17.5 Å². The van der Waals surface area contributed by atoms with Crippen LogP contribution in [0.4, 0.5) is 0 Å². The molecule has 0 spiro atoms. The van der Waals surface area contributed by atoms with Crippen molar-refractivity contribution in [3.8, 4) is 5.75 Å². The molecule has 13 heavy (non-hydrogen) atoms. The lowest BCUT2D eigenvalue weighted by Crippen LogP contribution is -1.94. The van der Waals surface area contributed by atoms with Gasteiger partial charge in [-0.2, -0.15) is 0 Å². The van der Waals surface area contributed by atoms with E-state index in [9.17, 15) is 0 Å². The van der Waals surface area contributed by atoms with Gasteiger partial charge in [0.2, 0.25) is 0 Å². The number of benzene rings is 1. The molecule has 1 aromatic rings. The van der Waals surface area contributed by atoms with Crippen LogP contribution in [-0.2, 0) is 13.0 Å². The van der Waals surface area contributed by atoms with E-state index in [2.05, 4.69) is 15.9 Å². The first-order chi connectivity index (χ1) is 6.31. The van der Waals surface area contributed by atoms with Crippen molar-refractivity contribution in [2.45, 2.75) is 13.0 Å². The van der Waals surface area contributed by atoms with E-state index in [1.54, 1.807) is 7.11 Å². The molecular weight excluding hydrogens is 232 g/mol. The quantitative estimate of drug-likeness (QED) is 0.823. The Morgan fingerprint density at radius 3 is 2.77 bits per heavy atom. The van der Waals surface area contributed by atoms with E-state index in [-0.39, 0.29) is 6.61 Å². The van der Waals surface area contributed by atoms with Crippen molar-refractivity contribution in [1.82, 2.24) is 0 Å².